The average Bonchev–Trinajstić information content (AvgIpc) is 2.87. The molecule has 0 aliphatic carbocycles. The van der Waals surface area contributed by atoms with E-state index in [4.69, 9.17) is 20.2 Å². The molecule has 2 N–H and O–H groups in total. The summed E-state index contributed by atoms with van der Waals surface area (Å²) in [6, 6.07) is 17.3. The summed E-state index contributed by atoms with van der Waals surface area (Å²) in [5.74, 6) is -1.52. The summed E-state index contributed by atoms with van der Waals surface area (Å²) >= 11 is 0. The van der Waals surface area contributed by atoms with E-state index in [2.05, 4.69) is 26.3 Å². The number of ether oxygens (including phenoxy) is 1. The molecule has 2 aromatic rings. The first kappa shape index (κ1) is 31.0. The van der Waals surface area contributed by atoms with Crippen molar-refractivity contribution in [1.29, 1.82) is 5.26 Å². The number of carbonyl (C=O) groups is 2. The largest absolute Gasteiger partial charge is 0.478 e. The van der Waals surface area contributed by atoms with Crippen molar-refractivity contribution >= 4 is 18.0 Å². The van der Waals surface area contributed by atoms with Gasteiger partial charge in [-0.3, -0.25) is 0 Å². The van der Waals surface area contributed by atoms with Gasteiger partial charge in [0.1, 0.15) is 0 Å². The Hall–Kier alpha value is -4.21. The number of nitrogens with zero attached hydrogens (tertiary/aromatic N) is 1. The molecule has 6 heteroatoms. The van der Waals surface area contributed by atoms with Gasteiger partial charge in [-0.25, -0.2) is 9.59 Å². The Morgan fingerprint density at radius 2 is 1.42 bits per heavy atom. The summed E-state index contributed by atoms with van der Waals surface area (Å²) in [5, 5.41) is 24.7. The normalized spacial score (nSPS) is 8.24. The molecule has 0 aliphatic rings. The number of esters is 1. The van der Waals surface area contributed by atoms with Crippen molar-refractivity contribution in [2.24, 2.45) is 0 Å². The molecule has 0 aliphatic heterocycles. The predicted octanol–water partition coefficient (Wildman–Crippen LogP) is 5.70. The molecule has 0 amide bonds. The minimum Gasteiger partial charge on any atom is -0.478 e. The fourth-order valence-electron chi connectivity index (χ4n) is 1.80. The molecular weight excluding hydrogens is 418 g/mol. The van der Waals surface area contributed by atoms with E-state index >= 15 is 0 Å². The van der Waals surface area contributed by atoms with Crippen LogP contribution < -0.4 is 0 Å². The number of nitriles is 1. The third kappa shape index (κ3) is 18.3. The van der Waals surface area contributed by atoms with Crippen LogP contribution in [0.25, 0.3) is 6.08 Å². The highest BCUT2D eigenvalue weighted by atomic mass is 16.5. The molecule has 2 aromatic carbocycles. The van der Waals surface area contributed by atoms with Crippen LogP contribution in [0.15, 0.2) is 99.1 Å². The molecule has 0 aromatic heterocycles. The monoisotopic (exact) mass is 449 g/mol. The number of rotatable bonds is 8. The Morgan fingerprint density at radius 3 is 1.79 bits per heavy atom. The summed E-state index contributed by atoms with van der Waals surface area (Å²) in [6.07, 6.45) is 7.49. The first-order valence-corrected chi connectivity index (χ1v) is 9.94. The minimum absolute atomic E-state index is 0.0743. The first-order valence-electron chi connectivity index (χ1n) is 9.94. The number of unbranched alkanes of at least 4 members (excludes halogenated alkanes) is 1. The molecule has 0 radical (unpaired) electrons. The number of aliphatic hydroxyl groups is 1. The molecule has 6 nitrogen and oxygen atoms in total. The SMILES string of the molecule is C=CC#N.C=CC=C.C=Cc1ccccc1.O=C(O)c1ccc(C(=O)OCCCCO)cc1. The van der Waals surface area contributed by atoms with Gasteiger partial charge in [-0.1, -0.05) is 74.9 Å². The third-order valence-corrected chi connectivity index (χ3v) is 3.45. The molecule has 0 bridgehead atoms. The van der Waals surface area contributed by atoms with Crippen molar-refractivity contribution in [3.8, 4) is 6.07 Å². The number of carboxylic acid groups (broad SMARTS) is 1. The van der Waals surface area contributed by atoms with Crippen LogP contribution >= 0.6 is 0 Å². The number of hydrogen-bond donors (Lipinski definition) is 2. The van der Waals surface area contributed by atoms with Gasteiger partial charge in [0, 0.05) is 12.7 Å². The van der Waals surface area contributed by atoms with E-state index in [1.165, 1.54) is 35.9 Å². The highest BCUT2D eigenvalue weighted by Crippen LogP contribution is 2.06. The standard InChI is InChI=1S/C12H14O5.C8H8.C4H6.C3H3N/c13-7-1-2-8-17-12(16)10-5-3-9(4-6-10)11(14)15;1-2-8-6-4-3-5-7-8;1-3-4-2;1-2-3-4/h3-6,13H,1-2,7-8H2,(H,14,15);2-7H,1H2;3-4H,1-2H2;2H,1H2. The van der Waals surface area contributed by atoms with E-state index in [0.29, 0.717) is 18.4 Å². The van der Waals surface area contributed by atoms with Gasteiger partial charge in [0.05, 0.1) is 23.8 Å². The van der Waals surface area contributed by atoms with Crippen molar-refractivity contribution in [3.63, 3.8) is 0 Å². The summed E-state index contributed by atoms with van der Waals surface area (Å²) in [6.45, 7) is 13.8. The van der Waals surface area contributed by atoms with E-state index in [-0.39, 0.29) is 18.8 Å². The molecule has 0 unspecified atom stereocenters. The van der Waals surface area contributed by atoms with E-state index in [1.807, 2.05) is 36.4 Å². The maximum Gasteiger partial charge on any atom is 0.338 e. The molecule has 0 saturated carbocycles. The second-order valence-electron chi connectivity index (χ2n) is 5.87. The quantitative estimate of drug-likeness (QED) is 0.232. The Morgan fingerprint density at radius 1 is 0.909 bits per heavy atom. The Bertz CT molecular complexity index is 875. The summed E-state index contributed by atoms with van der Waals surface area (Å²) in [4.78, 5) is 22.0. The van der Waals surface area contributed by atoms with E-state index in [1.54, 1.807) is 18.2 Å². The molecule has 0 heterocycles. The van der Waals surface area contributed by atoms with Crippen LogP contribution in [0.3, 0.4) is 0 Å². The van der Waals surface area contributed by atoms with Gasteiger partial charge in [-0.2, -0.15) is 5.26 Å². The zero-order valence-electron chi connectivity index (χ0n) is 18.7. The lowest BCUT2D eigenvalue weighted by Crippen LogP contribution is -2.07. The van der Waals surface area contributed by atoms with Gasteiger partial charge in [-0.05, 0) is 42.7 Å². The van der Waals surface area contributed by atoms with Gasteiger partial charge >= 0.3 is 11.9 Å². The van der Waals surface area contributed by atoms with Crippen molar-refractivity contribution in [3.05, 3.63) is 116 Å². The molecule has 0 atom stereocenters. The summed E-state index contributed by atoms with van der Waals surface area (Å²) in [5.41, 5.74) is 1.62. The molecular formula is C27H31NO5. The van der Waals surface area contributed by atoms with Crippen LogP contribution in [0.5, 0.6) is 0 Å². The van der Waals surface area contributed by atoms with Crippen LogP contribution in [-0.2, 0) is 4.74 Å². The number of hydrogen-bond acceptors (Lipinski definition) is 5. The zero-order valence-corrected chi connectivity index (χ0v) is 18.7. The second-order valence-corrected chi connectivity index (χ2v) is 5.87. The maximum atomic E-state index is 11.5. The van der Waals surface area contributed by atoms with Crippen LogP contribution in [0.2, 0.25) is 0 Å². The smallest absolute Gasteiger partial charge is 0.338 e. The molecule has 0 saturated heterocycles. The molecule has 0 spiro atoms. The number of aromatic carboxylic acids is 1. The predicted molar refractivity (Wildman–Crippen MR) is 133 cm³/mol. The van der Waals surface area contributed by atoms with Gasteiger partial charge < -0.3 is 14.9 Å². The van der Waals surface area contributed by atoms with Crippen LogP contribution in [0.1, 0.15) is 39.1 Å². The number of benzene rings is 2. The fraction of sp³-hybridized carbons (Fsp3) is 0.148. The number of carboxylic acids is 1. The lowest BCUT2D eigenvalue weighted by molar-refractivity contribution is 0.0491. The van der Waals surface area contributed by atoms with Crippen molar-refractivity contribution in [2.45, 2.75) is 12.8 Å². The number of allylic oxidation sites excluding steroid dienone is 3. The van der Waals surface area contributed by atoms with Gasteiger partial charge in [0.15, 0.2) is 0 Å². The van der Waals surface area contributed by atoms with Gasteiger partial charge in [0.25, 0.3) is 0 Å². The van der Waals surface area contributed by atoms with Crippen molar-refractivity contribution in [1.82, 2.24) is 0 Å². The van der Waals surface area contributed by atoms with E-state index in [9.17, 15) is 9.59 Å². The van der Waals surface area contributed by atoms with Crippen LogP contribution in [0, 0.1) is 11.3 Å². The van der Waals surface area contributed by atoms with E-state index < -0.39 is 11.9 Å². The topological polar surface area (TPSA) is 108 Å². The average molecular weight is 450 g/mol. The Labute approximate surface area is 196 Å². The molecule has 2 rings (SSSR count). The van der Waals surface area contributed by atoms with Crippen LogP contribution in [-0.4, -0.2) is 35.4 Å². The molecule has 174 valence electrons. The van der Waals surface area contributed by atoms with Crippen molar-refractivity contribution < 1.29 is 24.5 Å². The lowest BCUT2D eigenvalue weighted by Gasteiger charge is -2.04. The van der Waals surface area contributed by atoms with E-state index in [0.717, 1.165) is 0 Å². The maximum absolute atomic E-state index is 11.5. The summed E-state index contributed by atoms with van der Waals surface area (Å²) in [7, 11) is 0. The Balaban J connectivity index is 0. The first-order chi connectivity index (χ1) is 15.9. The third-order valence-electron chi connectivity index (χ3n) is 3.45. The lowest BCUT2D eigenvalue weighted by atomic mass is 10.1. The van der Waals surface area contributed by atoms with Gasteiger partial charge in [0.2, 0.25) is 0 Å². The minimum atomic E-state index is -1.03. The molecule has 33 heavy (non-hydrogen) atoms. The fourth-order valence-corrected chi connectivity index (χ4v) is 1.80. The van der Waals surface area contributed by atoms with Crippen molar-refractivity contribution in [2.75, 3.05) is 13.2 Å². The zero-order chi connectivity index (χ0) is 25.3. The second kappa shape index (κ2) is 22.5. The molecule has 0 fully saturated rings. The number of aliphatic hydroxyl groups excluding tert-OH is 1. The highest BCUT2D eigenvalue weighted by Gasteiger charge is 2.08. The Kier molecular flexibility index (Phi) is 21.1. The highest BCUT2D eigenvalue weighted by molar-refractivity contribution is 5.92. The van der Waals surface area contributed by atoms with Crippen LogP contribution in [0.4, 0.5) is 0 Å². The summed E-state index contributed by atoms with van der Waals surface area (Å²) < 4.78 is 4.93. The van der Waals surface area contributed by atoms with Gasteiger partial charge in [-0.15, -0.1) is 0 Å². The number of carbonyl (C=O) groups excluding carboxylic acids is 1.